The van der Waals surface area contributed by atoms with E-state index in [0.29, 0.717) is 42.1 Å². The first-order chi connectivity index (χ1) is 16.3. The summed E-state index contributed by atoms with van der Waals surface area (Å²) in [5.41, 5.74) is 3.04. The topological polar surface area (TPSA) is 77.8 Å². The predicted molar refractivity (Wildman–Crippen MR) is 128 cm³/mol. The molecule has 2 aromatic rings. The third-order valence-corrected chi connectivity index (χ3v) is 7.09. The molecule has 1 amide bonds. The van der Waals surface area contributed by atoms with E-state index in [2.05, 4.69) is 4.57 Å². The van der Waals surface area contributed by atoms with Crippen LogP contribution in [-0.4, -0.2) is 59.5 Å². The van der Waals surface area contributed by atoms with E-state index >= 15 is 0 Å². The van der Waals surface area contributed by atoms with E-state index in [0.717, 1.165) is 37.4 Å². The van der Waals surface area contributed by atoms with Crippen LogP contribution in [0.15, 0.2) is 30.3 Å². The standard InChI is InChI=1S/C26H31ClN2O5/c1-17-14-23(18(2)29(17)15-22-4-3-13-33-22)24(30)16-34-26(32)20-9-11-28(12-10-20)25(31)19-5-7-21(27)8-6-19/h5-8,14,20,22H,3-4,9-13,15-16H2,1-2H3/t22-/m0/s1. The minimum Gasteiger partial charge on any atom is -0.457 e. The van der Waals surface area contributed by atoms with Crippen molar-refractivity contribution >= 4 is 29.3 Å². The third-order valence-electron chi connectivity index (χ3n) is 6.84. The highest BCUT2D eigenvalue weighted by Crippen LogP contribution is 2.23. The Kier molecular flexibility index (Phi) is 7.73. The lowest BCUT2D eigenvalue weighted by atomic mass is 9.96. The van der Waals surface area contributed by atoms with Crippen LogP contribution in [-0.2, 0) is 20.8 Å². The average molecular weight is 487 g/mol. The van der Waals surface area contributed by atoms with Crippen molar-refractivity contribution in [2.75, 3.05) is 26.3 Å². The Morgan fingerprint density at radius 2 is 1.79 bits per heavy atom. The summed E-state index contributed by atoms with van der Waals surface area (Å²) in [6.07, 6.45) is 3.31. The van der Waals surface area contributed by atoms with E-state index in [1.165, 1.54) is 0 Å². The molecule has 0 radical (unpaired) electrons. The summed E-state index contributed by atoms with van der Waals surface area (Å²) >= 11 is 5.89. The Bertz CT molecular complexity index is 1050. The van der Waals surface area contributed by atoms with E-state index in [1.54, 1.807) is 29.2 Å². The van der Waals surface area contributed by atoms with Gasteiger partial charge in [-0.2, -0.15) is 0 Å². The number of carbonyl (C=O) groups is 3. The normalized spacial score (nSPS) is 18.8. The maximum atomic E-state index is 12.8. The summed E-state index contributed by atoms with van der Waals surface area (Å²) in [5, 5.41) is 0.581. The number of ketones is 1. The van der Waals surface area contributed by atoms with Gasteiger partial charge >= 0.3 is 5.97 Å². The molecule has 0 aliphatic carbocycles. The number of hydrogen-bond acceptors (Lipinski definition) is 5. The minimum atomic E-state index is -0.375. The molecule has 1 atom stereocenters. The van der Waals surface area contributed by atoms with Gasteiger partial charge < -0.3 is 18.9 Å². The predicted octanol–water partition coefficient (Wildman–Crippen LogP) is 4.22. The van der Waals surface area contributed by atoms with Gasteiger partial charge in [0.1, 0.15) is 0 Å². The Morgan fingerprint density at radius 3 is 2.44 bits per heavy atom. The fraction of sp³-hybridized carbons (Fsp3) is 0.500. The molecule has 2 aliphatic heterocycles. The number of halogens is 1. The van der Waals surface area contributed by atoms with Gasteiger partial charge in [-0.3, -0.25) is 14.4 Å². The highest BCUT2D eigenvalue weighted by atomic mass is 35.5. The van der Waals surface area contributed by atoms with Gasteiger partial charge in [0.25, 0.3) is 5.91 Å². The zero-order chi connectivity index (χ0) is 24.2. The monoisotopic (exact) mass is 486 g/mol. The average Bonchev–Trinajstić information content (AvgIpc) is 3.46. The fourth-order valence-corrected chi connectivity index (χ4v) is 4.91. The van der Waals surface area contributed by atoms with Crippen LogP contribution in [0, 0.1) is 19.8 Å². The number of hydrogen-bond donors (Lipinski definition) is 0. The highest BCUT2D eigenvalue weighted by molar-refractivity contribution is 6.30. The van der Waals surface area contributed by atoms with Crippen LogP contribution in [0.25, 0.3) is 0 Å². The molecule has 2 fully saturated rings. The summed E-state index contributed by atoms with van der Waals surface area (Å²) in [4.78, 5) is 39.8. The maximum Gasteiger partial charge on any atom is 0.309 e. The lowest BCUT2D eigenvalue weighted by molar-refractivity contribution is -0.148. The van der Waals surface area contributed by atoms with Crippen LogP contribution in [0.1, 0.15) is 57.8 Å². The Labute approximate surface area is 205 Å². The van der Waals surface area contributed by atoms with Gasteiger partial charge in [0.2, 0.25) is 5.78 Å². The van der Waals surface area contributed by atoms with Crippen molar-refractivity contribution in [1.82, 2.24) is 9.47 Å². The smallest absolute Gasteiger partial charge is 0.309 e. The molecule has 1 aromatic heterocycles. The molecule has 182 valence electrons. The number of Topliss-reactive ketones (excluding diaryl/α,β-unsaturated/α-hetero) is 1. The van der Waals surface area contributed by atoms with Crippen LogP contribution in [0.4, 0.5) is 0 Å². The molecule has 7 nitrogen and oxygen atoms in total. The van der Waals surface area contributed by atoms with Crippen LogP contribution in [0.3, 0.4) is 0 Å². The van der Waals surface area contributed by atoms with Crippen molar-refractivity contribution in [3.8, 4) is 0 Å². The lowest BCUT2D eigenvalue weighted by Crippen LogP contribution is -2.40. The molecule has 0 N–H and O–H groups in total. The van der Waals surface area contributed by atoms with Crippen molar-refractivity contribution in [2.24, 2.45) is 5.92 Å². The van der Waals surface area contributed by atoms with E-state index in [4.69, 9.17) is 21.1 Å². The molecule has 4 rings (SSSR count). The van der Waals surface area contributed by atoms with Gasteiger partial charge in [0, 0.05) is 53.8 Å². The summed E-state index contributed by atoms with van der Waals surface area (Å²) < 4.78 is 13.2. The van der Waals surface area contributed by atoms with Crippen molar-refractivity contribution in [2.45, 2.75) is 52.2 Å². The molecule has 34 heavy (non-hydrogen) atoms. The summed E-state index contributed by atoms with van der Waals surface area (Å²) in [6.45, 7) is 6.10. The number of esters is 1. The van der Waals surface area contributed by atoms with Gasteiger partial charge in [0.15, 0.2) is 6.61 Å². The van der Waals surface area contributed by atoms with Gasteiger partial charge in [0.05, 0.1) is 12.0 Å². The Morgan fingerprint density at radius 1 is 1.09 bits per heavy atom. The van der Waals surface area contributed by atoms with Gasteiger partial charge in [-0.15, -0.1) is 0 Å². The van der Waals surface area contributed by atoms with E-state index in [-0.39, 0.29) is 36.3 Å². The summed E-state index contributed by atoms with van der Waals surface area (Å²) in [6, 6.07) is 8.65. The second-order valence-corrected chi connectivity index (χ2v) is 9.57. The number of likely N-dealkylation sites (tertiary alicyclic amines) is 1. The van der Waals surface area contributed by atoms with E-state index in [1.807, 2.05) is 19.9 Å². The molecule has 0 bridgehead atoms. The Balaban J connectivity index is 1.27. The number of rotatable bonds is 7. The zero-order valence-electron chi connectivity index (χ0n) is 19.7. The molecule has 8 heteroatoms. The van der Waals surface area contributed by atoms with Crippen molar-refractivity contribution in [3.05, 3.63) is 57.9 Å². The molecule has 2 saturated heterocycles. The number of aryl methyl sites for hydroxylation is 1. The second kappa shape index (κ2) is 10.7. The van der Waals surface area contributed by atoms with Crippen molar-refractivity contribution in [3.63, 3.8) is 0 Å². The van der Waals surface area contributed by atoms with Gasteiger partial charge in [-0.1, -0.05) is 11.6 Å². The van der Waals surface area contributed by atoms with E-state index in [9.17, 15) is 14.4 Å². The van der Waals surface area contributed by atoms with E-state index < -0.39 is 0 Å². The number of ether oxygens (including phenoxy) is 2. The first-order valence-electron chi connectivity index (χ1n) is 11.9. The number of amides is 1. The number of aromatic nitrogens is 1. The summed E-state index contributed by atoms with van der Waals surface area (Å²) in [7, 11) is 0. The quantitative estimate of drug-likeness (QED) is 0.432. The van der Waals surface area contributed by atoms with Crippen molar-refractivity contribution < 1.29 is 23.9 Å². The fourth-order valence-electron chi connectivity index (χ4n) is 4.78. The first-order valence-corrected chi connectivity index (χ1v) is 12.2. The molecular formula is C26H31ClN2O5. The first kappa shape index (κ1) is 24.5. The zero-order valence-corrected chi connectivity index (χ0v) is 20.5. The van der Waals surface area contributed by atoms with Gasteiger partial charge in [-0.05, 0) is 69.9 Å². The molecule has 2 aliphatic rings. The largest absolute Gasteiger partial charge is 0.457 e. The molecular weight excluding hydrogens is 456 g/mol. The molecule has 3 heterocycles. The summed E-state index contributed by atoms with van der Waals surface area (Å²) in [5.74, 6) is -0.957. The third kappa shape index (κ3) is 5.53. The maximum absolute atomic E-state index is 12.8. The number of piperidine rings is 1. The Hall–Kier alpha value is -2.64. The second-order valence-electron chi connectivity index (χ2n) is 9.13. The van der Waals surface area contributed by atoms with Gasteiger partial charge in [-0.25, -0.2) is 0 Å². The van der Waals surface area contributed by atoms with Crippen LogP contribution in [0.2, 0.25) is 5.02 Å². The molecule has 0 saturated carbocycles. The van der Waals surface area contributed by atoms with Crippen LogP contribution >= 0.6 is 11.6 Å². The number of carbonyl (C=O) groups excluding carboxylic acids is 3. The van der Waals surface area contributed by atoms with Crippen LogP contribution < -0.4 is 0 Å². The lowest BCUT2D eigenvalue weighted by Gasteiger charge is -2.31. The molecule has 0 spiro atoms. The molecule has 0 unspecified atom stereocenters. The van der Waals surface area contributed by atoms with Crippen molar-refractivity contribution in [1.29, 1.82) is 0 Å². The number of benzene rings is 1. The SMILES string of the molecule is Cc1cc(C(=O)COC(=O)C2CCN(C(=O)c3ccc(Cl)cc3)CC2)c(C)n1C[C@@H]1CCCO1. The minimum absolute atomic E-state index is 0.0722. The number of nitrogens with zero attached hydrogens (tertiary/aromatic N) is 2. The molecule has 1 aromatic carbocycles. The van der Waals surface area contributed by atoms with Crippen LogP contribution in [0.5, 0.6) is 0 Å². The highest BCUT2D eigenvalue weighted by Gasteiger charge is 2.29.